The third-order valence-electron chi connectivity index (χ3n) is 3.96. The van der Waals surface area contributed by atoms with Crippen LogP contribution in [-0.4, -0.2) is 42.2 Å². The number of likely N-dealkylation sites (N-methyl/N-ethyl adjacent to an activating group) is 1. The van der Waals surface area contributed by atoms with Crippen LogP contribution in [0.25, 0.3) is 0 Å². The molecule has 2 rings (SSSR count). The number of nitrogens with zero attached hydrogens (tertiary/aromatic N) is 2. The van der Waals surface area contributed by atoms with Gasteiger partial charge in [-0.3, -0.25) is 4.90 Å². The minimum Gasteiger partial charge on any atom is -0.389 e. The summed E-state index contributed by atoms with van der Waals surface area (Å²) in [5, 5.41) is 9.80. The van der Waals surface area contributed by atoms with Gasteiger partial charge in [0.15, 0.2) is 0 Å². The van der Waals surface area contributed by atoms with Gasteiger partial charge < -0.3 is 10.0 Å². The van der Waals surface area contributed by atoms with Crippen LogP contribution in [0.15, 0.2) is 18.2 Å². The average molecular weight is 266 g/mol. The molecule has 0 amide bonds. The fourth-order valence-corrected chi connectivity index (χ4v) is 2.90. The molecular weight excluding hydrogens is 243 g/mol. The molecule has 0 aliphatic carbocycles. The van der Waals surface area contributed by atoms with E-state index in [9.17, 15) is 9.50 Å². The fourth-order valence-electron chi connectivity index (χ4n) is 2.90. The van der Waals surface area contributed by atoms with Gasteiger partial charge >= 0.3 is 0 Å². The highest BCUT2D eigenvalue weighted by atomic mass is 19.1. The lowest BCUT2D eigenvalue weighted by Crippen LogP contribution is -2.52. The van der Waals surface area contributed by atoms with E-state index < -0.39 is 6.10 Å². The van der Waals surface area contributed by atoms with E-state index >= 15 is 0 Å². The van der Waals surface area contributed by atoms with Crippen molar-refractivity contribution in [1.82, 2.24) is 4.90 Å². The van der Waals surface area contributed by atoms with Crippen LogP contribution < -0.4 is 4.90 Å². The predicted octanol–water partition coefficient (Wildman–Crippen LogP) is 2.41. The SMILES string of the molecule is CCN1CCN(c2cccc(F)c2[C@@H](C)O)CC1C. The lowest BCUT2D eigenvalue weighted by molar-refractivity contribution is 0.189. The molecule has 3 nitrogen and oxygen atoms in total. The average Bonchev–Trinajstić information content (AvgIpc) is 2.37. The summed E-state index contributed by atoms with van der Waals surface area (Å²) in [5.41, 5.74) is 1.25. The number of hydrogen-bond acceptors (Lipinski definition) is 3. The van der Waals surface area contributed by atoms with Gasteiger partial charge in [-0.05, 0) is 32.5 Å². The Morgan fingerprint density at radius 3 is 2.74 bits per heavy atom. The summed E-state index contributed by atoms with van der Waals surface area (Å²) >= 11 is 0. The standard InChI is InChI=1S/C15H23FN2O/c1-4-17-8-9-18(10-11(17)2)14-7-5-6-13(16)15(14)12(3)19/h5-7,11-12,19H,4,8-10H2,1-3H3/t11?,12-/m1/s1. The normalized spacial score (nSPS) is 22.6. The van der Waals surface area contributed by atoms with Crippen LogP contribution in [0.5, 0.6) is 0 Å². The first kappa shape index (κ1) is 14.3. The zero-order valence-electron chi connectivity index (χ0n) is 11.9. The van der Waals surface area contributed by atoms with Gasteiger partial charge in [-0.25, -0.2) is 4.39 Å². The number of benzene rings is 1. The summed E-state index contributed by atoms with van der Waals surface area (Å²) in [4.78, 5) is 4.60. The van der Waals surface area contributed by atoms with E-state index in [0.29, 0.717) is 11.6 Å². The first-order chi connectivity index (χ1) is 9.04. The molecule has 1 aromatic carbocycles. The second-order valence-corrected chi connectivity index (χ2v) is 5.27. The van der Waals surface area contributed by atoms with Crippen molar-refractivity contribution < 1.29 is 9.50 Å². The Bertz CT molecular complexity index is 436. The summed E-state index contributed by atoms with van der Waals surface area (Å²) < 4.78 is 13.9. The number of piperazine rings is 1. The molecular formula is C15H23FN2O. The second-order valence-electron chi connectivity index (χ2n) is 5.27. The minimum atomic E-state index is -0.782. The summed E-state index contributed by atoms with van der Waals surface area (Å²) in [5.74, 6) is -0.321. The summed E-state index contributed by atoms with van der Waals surface area (Å²) in [6, 6.07) is 5.48. The van der Waals surface area contributed by atoms with Crippen molar-refractivity contribution in [3.63, 3.8) is 0 Å². The van der Waals surface area contributed by atoms with Crippen molar-refractivity contribution in [3.05, 3.63) is 29.6 Å². The Morgan fingerprint density at radius 1 is 1.42 bits per heavy atom. The van der Waals surface area contributed by atoms with Crippen molar-refractivity contribution >= 4 is 5.69 Å². The molecule has 19 heavy (non-hydrogen) atoms. The Kier molecular flexibility index (Phi) is 4.42. The van der Waals surface area contributed by atoms with Crippen LogP contribution >= 0.6 is 0 Å². The van der Waals surface area contributed by atoms with Gasteiger partial charge in [-0.15, -0.1) is 0 Å². The van der Waals surface area contributed by atoms with Crippen molar-refractivity contribution in [3.8, 4) is 0 Å². The quantitative estimate of drug-likeness (QED) is 0.910. The molecule has 1 saturated heterocycles. The Balaban J connectivity index is 2.26. The van der Waals surface area contributed by atoms with Crippen molar-refractivity contribution in [2.45, 2.75) is 32.9 Å². The molecule has 1 unspecified atom stereocenters. The first-order valence-corrected chi connectivity index (χ1v) is 7.00. The zero-order valence-corrected chi connectivity index (χ0v) is 11.9. The fraction of sp³-hybridized carbons (Fsp3) is 0.600. The Morgan fingerprint density at radius 2 is 2.16 bits per heavy atom. The number of halogens is 1. The summed E-state index contributed by atoms with van der Waals surface area (Å²) in [7, 11) is 0. The lowest BCUT2D eigenvalue weighted by atomic mass is 10.0. The molecule has 1 aliphatic heterocycles. The lowest BCUT2D eigenvalue weighted by Gasteiger charge is -2.41. The molecule has 0 aromatic heterocycles. The highest BCUT2D eigenvalue weighted by Gasteiger charge is 2.25. The van der Waals surface area contributed by atoms with E-state index in [2.05, 4.69) is 23.6 Å². The molecule has 0 saturated carbocycles. The van der Waals surface area contributed by atoms with E-state index in [-0.39, 0.29) is 5.82 Å². The zero-order chi connectivity index (χ0) is 14.0. The number of rotatable bonds is 3. The van der Waals surface area contributed by atoms with Gasteiger partial charge in [-0.2, -0.15) is 0 Å². The first-order valence-electron chi connectivity index (χ1n) is 7.00. The van der Waals surface area contributed by atoms with Crippen molar-refractivity contribution in [2.24, 2.45) is 0 Å². The number of anilines is 1. The summed E-state index contributed by atoms with van der Waals surface area (Å²) in [6.07, 6.45) is -0.782. The van der Waals surface area contributed by atoms with Crippen molar-refractivity contribution in [2.75, 3.05) is 31.1 Å². The van der Waals surface area contributed by atoms with Crippen LogP contribution in [0.1, 0.15) is 32.4 Å². The topological polar surface area (TPSA) is 26.7 Å². The molecule has 1 aromatic rings. The van der Waals surface area contributed by atoms with Crippen molar-refractivity contribution in [1.29, 1.82) is 0 Å². The van der Waals surface area contributed by atoms with E-state index in [4.69, 9.17) is 0 Å². The minimum absolute atomic E-state index is 0.321. The molecule has 1 aliphatic rings. The molecule has 0 spiro atoms. The largest absolute Gasteiger partial charge is 0.389 e. The van der Waals surface area contributed by atoms with Crippen LogP contribution in [0.3, 0.4) is 0 Å². The van der Waals surface area contributed by atoms with E-state index in [1.807, 2.05) is 6.07 Å². The highest BCUT2D eigenvalue weighted by molar-refractivity contribution is 5.55. The van der Waals surface area contributed by atoms with Crippen LogP contribution in [0.4, 0.5) is 10.1 Å². The number of aliphatic hydroxyl groups is 1. The second kappa shape index (κ2) is 5.88. The molecule has 4 heteroatoms. The third kappa shape index (κ3) is 2.90. The van der Waals surface area contributed by atoms with Crippen LogP contribution in [-0.2, 0) is 0 Å². The van der Waals surface area contributed by atoms with Crippen LogP contribution in [0.2, 0.25) is 0 Å². The number of aliphatic hydroxyl groups excluding tert-OH is 1. The van der Waals surface area contributed by atoms with E-state index in [1.165, 1.54) is 6.07 Å². The van der Waals surface area contributed by atoms with Crippen LogP contribution in [0, 0.1) is 5.82 Å². The molecule has 1 heterocycles. The molecule has 0 radical (unpaired) electrons. The predicted molar refractivity (Wildman–Crippen MR) is 76.0 cm³/mol. The highest BCUT2D eigenvalue weighted by Crippen LogP contribution is 2.30. The molecule has 0 bridgehead atoms. The van der Waals surface area contributed by atoms with E-state index in [1.54, 1.807) is 13.0 Å². The van der Waals surface area contributed by atoms with Gasteiger partial charge in [0.2, 0.25) is 0 Å². The monoisotopic (exact) mass is 266 g/mol. The maximum absolute atomic E-state index is 13.9. The molecule has 2 atom stereocenters. The Hall–Kier alpha value is -1.13. The molecule has 106 valence electrons. The van der Waals surface area contributed by atoms with Gasteiger partial charge in [0.05, 0.1) is 6.10 Å². The Labute approximate surface area is 114 Å². The van der Waals surface area contributed by atoms with Gasteiger partial charge in [0.25, 0.3) is 0 Å². The van der Waals surface area contributed by atoms with E-state index in [0.717, 1.165) is 31.9 Å². The maximum atomic E-state index is 13.9. The third-order valence-corrected chi connectivity index (χ3v) is 3.96. The van der Waals surface area contributed by atoms with Gasteiger partial charge in [0.1, 0.15) is 5.82 Å². The molecule has 1 fully saturated rings. The summed E-state index contributed by atoms with van der Waals surface area (Å²) in [6.45, 7) is 9.74. The smallest absolute Gasteiger partial charge is 0.131 e. The molecule has 1 N–H and O–H groups in total. The van der Waals surface area contributed by atoms with Gasteiger partial charge in [0, 0.05) is 36.9 Å². The maximum Gasteiger partial charge on any atom is 0.131 e. The van der Waals surface area contributed by atoms with Gasteiger partial charge in [-0.1, -0.05) is 13.0 Å². The number of hydrogen-bond donors (Lipinski definition) is 1.